The fourth-order valence-electron chi connectivity index (χ4n) is 3.41. The molecule has 0 aliphatic rings. The van der Waals surface area contributed by atoms with Gasteiger partial charge in [-0.15, -0.1) is 0 Å². The predicted molar refractivity (Wildman–Crippen MR) is 131 cm³/mol. The van der Waals surface area contributed by atoms with Gasteiger partial charge >= 0.3 is 0 Å². The van der Waals surface area contributed by atoms with Crippen molar-refractivity contribution in [3.05, 3.63) is 94.6 Å². The highest BCUT2D eigenvalue weighted by molar-refractivity contribution is 6.30. The quantitative estimate of drug-likeness (QED) is 0.368. The third kappa shape index (κ3) is 7.59. The van der Waals surface area contributed by atoms with Crippen molar-refractivity contribution in [2.45, 2.75) is 31.5 Å². The van der Waals surface area contributed by atoms with Crippen molar-refractivity contribution in [2.24, 2.45) is 0 Å². The Bertz CT molecular complexity index is 1060. The maximum atomic E-state index is 13.1. The third-order valence-electron chi connectivity index (χ3n) is 5.22. The number of carbonyl (C=O) groups is 2. The van der Waals surface area contributed by atoms with E-state index in [1.807, 2.05) is 42.5 Å². The summed E-state index contributed by atoms with van der Waals surface area (Å²) in [5.74, 6) is -0.139. The summed E-state index contributed by atoms with van der Waals surface area (Å²) in [7, 11) is 1.73. The van der Waals surface area contributed by atoms with Gasteiger partial charge < -0.3 is 21.7 Å². The standard InChI is InChI=1S/C25H28ClN5O2/c1-28-21(13-17-6-3-2-4-7-17)25(33)31-22(14-18-8-5-9-20(26)12-18)24(32)30-16-19-10-11-23(27)29-15-19/h2-12,15,21-22,28H,13-14,16H2,1H3,(H2,27,29)(H,30,32)(H,31,33)/t21-,22+/m0/s1. The van der Waals surface area contributed by atoms with Crippen LogP contribution in [0.5, 0.6) is 0 Å². The molecule has 0 aliphatic carbocycles. The first-order valence-electron chi connectivity index (χ1n) is 10.7. The van der Waals surface area contributed by atoms with Crippen LogP contribution in [0.3, 0.4) is 0 Å². The second-order valence-corrected chi connectivity index (χ2v) is 8.17. The molecule has 2 aromatic carbocycles. The fourth-order valence-corrected chi connectivity index (χ4v) is 3.62. The summed E-state index contributed by atoms with van der Waals surface area (Å²) in [5, 5.41) is 9.40. The topological polar surface area (TPSA) is 109 Å². The molecule has 2 atom stereocenters. The maximum absolute atomic E-state index is 13.1. The summed E-state index contributed by atoms with van der Waals surface area (Å²) in [6.45, 7) is 0.271. The Morgan fingerprint density at radius 2 is 1.64 bits per heavy atom. The van der Waals surface area contributed by atoms with Crippen molar-refractivity contribution >= 4 is 29.2 Å². The molecule has 5 N–H and O–H groups in total. The summed E-state index contributed by atoms with van der Waals surface area (Å²) >= 11 is 6.12. The number of halogens is 1. The highest BCUT2D eigenvalue weighted by Gasteiger charge is 2.25. The minimum atomic E-state index is -0.774. The summed E-state index contributed by atoms with van der Waals surface area (Å²) in [6.07, 6.45) is 2.42. The number of rotatable bonds is 10. The van der Waals surface area contributed by atoms with E-state index < -0.39 is 12.1 Å². The minimum absolute atomic E-state index is 0.252. The zero-order valence-electron chi connectivity index (χ0n) is 18.4. The van der Waals surface area contributed by atoms with Gasteiger partial charge in [0.25, 0.3) is 0 Å². The first-order valence-corrected chi connectivity index (χ1v) is 11.1. The van der Waals surface area contributed by atoms with Crippen LogP contribution in [-0.4, -0.2) is 35.9 Å². The van der Waals surface area contributed by atoms with Gasteiger partial charge in [-0.1, -0.05) is 60.1 Å². The number of carbonyl (C=O) groups excluding carboxylic acids is 2. The van der Waals surface area contributed by atoms with E-state index in [-0.39, 0.29) is 18.4 Å². The van der Waals surface area contributed by atoms with E-state index in [0.29, 0.717) is 23.7 Å². The molecule has 0 radical (unpaired) electrons. The van der Waals surface area contributed by atoms with E-state index in [4.69, 9.17) is 17.3 Å². The number of benzene rings is 2. The van der Waals surface area contributed by atoms with Gasteiger partial charge in [0.05, 0.1) is 6.04 Å². The molecule has 172 valence electrons. The SMILES string of the molecule is CN[C@@H](Cc1ccccc1)C(=O)N[C@H](Cc1cccc(Cl)c1)C(=O)NCc1ccc(N)nc1. The zero-order chi connectivity index (χ0) is 23.6. The number of nitrogens with two attached hydrogens (primary N) is 1. The van der Waals surface area contributed by atoms with Crippen molar-refractivity contribution < 1.29 is 9.59 Å². The molecule has 33 heavy (non-hydrogen) atoms. The number of likely N-dealkylation sites (N-methyl/N-ethyl adjacent to an activating group) is 1. The van der Waals surface area contributed by atoms with Crippen molar-refractivity contribution in [2.75, 3.05) is 12.8 Å². The largest absolute Gasteiger partial charge is 0.384 e. The predicted octanol–water partition coefficient (Wildman–Crippen LogP) is 2.49. The molecule has 1 heterocycles. The molecule has 1 aromatic heterocycles. The van der Waals surface area contributed by atoms with Crippen molar-refractivity contribution in [3.63, 3.8) is 0 Å². The Morgan fingerprint density at radius 1 is 0.909 bits per heavy atom. The number of nitrogens with one attached hydrogen (secondary N) is 3. The Hall–Kier alpha value is -3.42. The number of amides is 2. The molecule has 0 aliphatic heterocycles. The van der Waals surface area contributed by atoms with Gasteiger partial charge in [0.15, 0.2) is 0 Å². The number of aromatic nitrogens is 1. The van der Waals surface area contributed by atoms with Gasteiger partial charge in [-0.3, -0.25) is 9.59 Å². The smallest absolute Gasteiger partial charge is 0.243 e. The van der Waals surface area contributed by atoms with Crippen LogP contribution in [0.25, 0.3) is 0 Å². The van der Waals surface area contributed by atoms with E-state index in [2.05, 4.69) is 20.9 Å². The van der Waals surface area contributed by atoms with E-state index in [1.54, 1.807) is 37.5 Å². The molecular formula is C25H28ClN5O2. The number of hydrogen-bond donors (Lipinski definition) is 4. The van der Waals surface area contributed by atoms with Crippen LogP contribution in [0.15, 0.2) is 72.9 Å². The Morgan fingerprint density at radius 3 is 2.30 bits per heavy atom. The van der Waals surface area contributed by atoms with E-state index >= 15 is 0 Å². The molecule has 2 amide bonds. The van der Waals surface area contributed by atoms with E-state index in [1.165, 1.54) is 0 Å². The van der Waals surface area contributed by atoms with Crippen LogP contribution in [0.1, 0.15) is 16.7 Å². The molecule has 0 fully saturated rings. The number of nitrogen functional groups attached to an aromatic ring is 1. The van der Waals surface area contributed by atoms with Crippen LogP contribution < -0.4 is 21.7 Å². The lowest BCUT2D eigenvalue weighted by Crippen LogP contribution is -2.53. The van der Waals surface area contributed by atoms with E-state index in [0.717, 1.165) is 16.7 Å². The van der Waals surface area contributed by atoms with Gasteiger partial charge in [-0.25, -0.2) is 4.98 Å². The molecule has 3 aromatic rings. The Kier molecular flexibility index (Phi) is 8.80. The lowest BCUT2D eigenvalue weighted by Gasteiger charge is -2.22. The number of anilines is 1. The van der Waals surface area contributed by atoms with Crippen LogP contribution in [0, 0.1) is 0 Å². The summed E-state index contributed by atoms with van der Waals surface area (Å²) in [6, 6.07) is 19.2. The molecule has 0 bridgehead atoms. The average Bonchev–Trinajstić information content (AvgIpc) is 2.82. The van der Waals surface area contributed by atoms with Crippen molar-refractivity contribution in [3.8, 4) is 0 Å². The summed E-state index contributed by atoms with van der Waals surface area (Å²) in [5.41, 5.74) is 8.30. The molecule has 0 unspecified atom stereocenters. The lowest BCUT2D eigenvalue weighted by molar-refractivity contribution is -0.130. The first kappa shape index (κ1) is 24.2. The molecule has 0 spiro atoms. The fraction of sp³-hybridized carbons (Fsp3) is 0.240. The van der Waals surface area contributed by atoms with Gasteiger partial charge in [0, 0.05) is 24.2 Å². The Labute approximate surface area is 198 Å². The number of hydrogen-bond acceptors (Lipinski definition) is 5. The van der Waals surface area contributed by atoms with Crippen molar-refractivity contribution in [1.82, 2.24) is 20.9 Å². The van der Waals surface area contributed by atoms with Gasteiger partial charge in [-0.2, -0.15) is 0 Å². The van der Waals surface area contributed by atoms with Crippen LogP contribution >= 0.6 is 11.6 Å². The summed E-state index contributed by atoms with van der Waals surface area (Å²) < 4.78 is 0. The first-order chi connectivity index (χ1) is 15.9. The molecular weight excluding hydrogens is 438 g/mol. The van der Waals surface area contributed by atoms with Gasteiger partial charge in [0.1, 0.15) is 11.9 Å². The monoisotopic (exact) mass is 465 g/mol. The second-order valence-electron chi connectivity index (χ2n) is 7.74. The van der Waals surface area contributed by atoms with Gasteiger partial charge in [-0.05, 0) is 48.4 Å². The third-order valence-corrected chi connectivity index (χ3v) is 5.46. The lowest BCUT2D eigenvalue weighted by atomic mass is 10.0. The van der Waals surface area contributed by atoms with Crippen LogP contribution in [-0.2, 0) is 29.0 Å². The number of pyridine rings is 1. The molecule has 0 saturated carbocycles. The van der Waals surface area contributed by atoms with Crippen molar-refractivity contribution in [1.29, 1.82) is 0 Å². The zero-order valence-corrected chi connectivity index (χ0v) is 19.2. The molecule has 0 saturated heterocycles. The average molecular weight is 466 g/mol. The maximum Gasteiger partial charge on any atom is 0.243 e. The highest BCUT2D eigenvalue weighted by Crippen LogP contribution is 2.13. The minimum Gasteiger partial charge on any atom is -0.384 e. The van der Waals surface area contributed by atoms with E-state index in [9.17, 15) is 9.59 Å². The summed E-state index contributed by atoms with van der Waals surface area (Å²) in [4.78, 5) is 30.1. The Balaban J connectivity index is 1.71. The molecule has 7 nitrogen and oxygen atoms in total. The second kappa shape index (κ2) is 12.0. The molecule has 3 rings (SSSR count). The number of nitrogens with zero attached hydrogens (tertiary/aromatic N) is 1. The van der Waals surface area contributed by atoms with Crippen LogP contribution in [0.2, 0.25) is 5.02 Å². The normalized spacial score (nSPS) is 12.5. The van der Waals surface area contributed by atoms with Crippen LogP contribution in [0.4, 0.5) is 5.82 Å². The molecule has 8 heteroatoms. The highest BCUT2D eigenvalue weighted by atomic mass is 35.5. The van der Waals surface area contributed by atoms with Gasteiger partial charge in [0.2, 0.25) is 11.8 Å².